The first-order valence-electron chi connectivity index (χ1n) is 3.56. The molecule has 0 unspecified atom stereocenters. The molecule has 0 radical (unpaired) electrons. The number of nitrogens with zero attached hydrogens (tertiary/aromatic N) is 3. The number of methoxy groups -OCH3 is 1. The van der Waals surface area contributed by atoms with Crippen LogP contribution in [0.4, 0.5) is 5.95 Å². The predicted molar refractivity (Wildman–Crippen MR) is 49.0 cm³/mol. The molecule has 0 aliphatic rings. The fourth-order valence-electron chi connectivity index (χ4n) is 1.11. The highest BCUT2D eigenvalue weighted by Crippen LogP contribution is 2.27. The van der Waals surface area contributed by atoms with Crippen LogP contribution in [0.3, 0.4) is 0 Å². The highest BCUT2D eigenvalue weighted by molar-refractivity contribution is 6.32. The third-order valence-corrected chi connectivity index (χ3v) is 1.93. The molecule has 2 heterocycles. The van der Waals surface area contributed by atoms with Crippen LogP contribution in [0, 0.1) is 0 Å². The molecule has 6 heteroatoms. The van der Waals surface area contributed by atoms with Crippen LogP contribution >= 0.6 is 11.6 Å². The summed E-state index contributed by atoms with van der Waals surface area (Å²) in [5.41, 5.74) is 5.94. The van der Waals surface area contributed by atoms with E-state index in [1.807, 2.05) is 0 Å². The Labute approximate surface area is 79.1 Å². The lowest BCUT2D eigenvalue weighted by Gasteiger charge is -2.02. The minimum atomic E-state index is 0.195. The molecule has 68 valence electrons. The number of nitrogens with two attached hydrogens (primary N) is 1. The van der Waals surface area contributed by atoms with Gasteiger partial charge >= 0.3 is 0 Å². The Hall–Kier alpha value is -1.49. The van der Waals surface area contributed by atoms with Crippen LogP contribution in [0.5, 0.6) is 5.75 Å². The number of aromatic nitrogens is 3. The summed E-state index contributed by atoms with van der Waals surface area (Å²) >= 11 is 5.87. The first kappa shape index (κ1) is 8.12. The van der Waals surface area contributed by atoms with E-state index >= 15 is 0 Å². The first-order valence-corrected chi connectivity index (χ1v) is 3.94. The van der Waals surface area contributed by atoms with Gasteiger partial charge in [-0.25, -0.2) is 4.52 Å². The summed E-state index contributed by atoms with van der Waals surface area (Å²) in [6.45, 7) is 0. The molecule has 0 fully saturated rings. The van der Waals surface area contributed by atoms with Gasteiger partial charge in [0, 0.05) is 6.20 Å². The summed E-state index contributed by atoms with van der Waals surface area (Å²) < 4.78 is 6.57. The van der Waals surface area contributed by atoms with E-state index in [9.17, 15) is 0 Å². The zero-order chi connectivity index (χ0) is 9.42. The van der Waals surface area contributed by atoms with Gasteiger partial charge in [-0.3, -0.25) is 0 Å². The number of rotatable bonds is 1. The molecule has 2 rings (SSSR count). The monoisotopic (exact) mass is 198 g/mol. The van der Waals surface area contributed by atoms with Crippen molar-refractivity contribution in [3.05, 3.63) is 17.3 Å². The molecule has 2 aromatic heterocycles. The molecule has 13 heavy (non-hydrogen) atoms. The Kier molecular flexibility index (Phi) is 1.73. The summed E-state index contributed by atoms with van der Waals surface area (Å²) in [4.78, 5) is 3.96. The zero-order valence-corrected chi connectivity index (χ0v) is 7.62. The molecule has 0 spiro atoms. The van der Waals surface area contributed by atoms with Gasteiger partial charge < -0.3 is 10.5 Å². The highest BCUT2D eigenvalue weighted by atomic mass is 35.5. The predicted octanol–water partition coefficient (Wildman–Crippen LogP) is 0.973. The summed E-state index contributed by atoms with van der Waals surface area (Å²) in [6.07, 6.45) is 1.67. The third kappa shape index (κ3) is 1.17. The molecule has 0 saturated heterocycles. The van der Waals surface area contributed by atoms with E-state index in [-0.39, 0.29) is 5.95 Å². The number of ether oxygens (including phenoxy) is 1. The second kappa shape index (κ2) is 2.77. The molecule has 0 atom stereocenters. The van der Waals surface area contributed by atoms with Crippen LogP contribution in [0.25, 0.3) is 5.65 Å². The van der Waals surface area contributed by atoms with Crippen LogP contribution in [-0.4, -0.2) is 21.7 Å². The third-order valence-electron chi connectivity index (χ3n) is 1.63. The van der Waals surface area contributed by atoms with Gasteiger partial charge in [0.15, 0.2) is 5.75 Å². The summed E-state index contributed by atoms with van der Waals surface area (Å²) in [7, 11) is 1.52. The van der Waals surface area contributed by atoms with E-state index in [1.165, 1.54) is 11.6 Å². The van der Waals surface area contributed by atoms with Crippen LogP contribution in [0.1, 0.15) is 0 Å². The SMILES string of the molecule is COc1c(Cl)ccn2nc(N)nc12. The lowest BCUT2D eigenvalue weighted by atomic mass is 10.4. The van der Waals surface area contributed by atoms with E-state index in [1.54, 1.807) is 12.3 Å². The highest BCUT2D eigenvalue weighted by Gasteiger charge is 2.09. The number of hydrogen-bond donors (Lipinski definition) is 1. The summed E-state index contributed by atoms with van der Waals surface area (Å²) in [5.74, 6) is 0.675. The van der Waals surface area contributed by atoms with E-state index < -0.39 is 0 Å². The largest absolute Gasteiger partial charge is 0.491 e. The van der Waals surface area contributed by atoms with Gasteiger partial charge in [-0.2, -0.15) is 4.98 Å². The molecule has 0 aliphatic heterocycles. The Morgan fingerprint density at radius 2 is 2.38 bits per heavy atom. The minimum Gasteiger partial charge on any atom is -0.491 e. The molecule has 0 amide bonds. The second-order valence-electron chi connectivity index (χ2n) is 2.44. The molecule has 0 bridgehead atoms. The lowest BCUT2D eigenvalue weighted by Crippen LogP contribution is -1.92. The number of hydrogen-bond acceptors (Lipinski definition) is 4. The van der Waals surface area contributed by atoms with Crippen LogP contribution in [-0.2, 0) is 0 Å². The fourth-order valence-corrected chi connectivity index (χ4v) is 1.32. The van der Waals surface area contributed by atoms with Gasteiger partial charge in [-0.15, -0.1) is 5.10 Å². The smallest absolute Gasteiger partial charge is 0.240 e. The number of halogens is 1. The maximum atomic E-state index is 5.87. The molecule has 0 aliphatic carbocycles. The molecule has 2 N–H and O–H groups in total. The van der Waals surface area contributed by atoms with E-state index in [0.29, 0.717) is 16.4 Å². The van der Waals surface area contributed by atoms with Gasteiger partial charge in [0.1, 0.15) is 0 Å². The number of pyridine rings is 1. The van der Waals surface area contributed by atoms with Crippen molar-refractivity contribution in [3.63, 3.8) is 0 Å². The molecule has 5 nitrogen and oxygen atoms in total. The maximum absolute atomic E-state index is 5.87. The Bertz CT molecular complexity index is 453. The zero-order valence-electron chi connectivity index (χ0n) is 6.86. The molecular formula is C7H7ClN4O. The van der Waals surface area contributed by atoms with E-state index in [0.717, 1.165) is 0 Å². The van der Waals surface area contributed by atoms with Crippen LogP contribution in [0.2, 0.25) is 5.02 Å². The van der Waals surface area contributed by atoms with Crippen molar-refractivity contribution in [2.75, 3.05) is 12.8 Å². The quantitative estimate of drug-likeness (QED) is 0.742. The van der Waals surface area contributed by atoms with Crippen molar-refractivity contribution in [2.24, 2.45) is 0 Å². The number of nitrogen functional groups attached to an aromatic ring is 1. The van der Waals surface area contributed by atoms with Crippen molar-refractivity contribution < 1.29 is 4.74 Å². The maximum Gasteiger partial charge on any atom is 0.240 e. The van der Waals surface area contributed by atoms with Crippen LogP contribution in [0.15, 0.2) is 12.3 Å². The van der Waals surface area contributed by atoms with Gasteiger partial charge in [0.05, 0.1) is 12.1 Å². The van der Waals surface area contributed by atoms with E-state index in [4.69, 9.17) is 22.1 Å². The Balaban J connectivity index is 2.82. The topological polar surface area (TPSA) is 65.4 Å². The lowest BCUT2D eigenvalue weighted by molar-refractivity contribution is 0.417. The Morgan fingerprint density at radius 3 is 3.08 bits per heavy atom. The van der Waals surface area contributed by atoms with Crippen molar-refractivity contribution in [1.82, 2.24) is 14.6 Å². The normalized spacial score (nSPS) is 10.6. The minimum absolute atomic E-state index is 0.195. The average molecular weight is 199 g/mol. The summed E-state index contributed by atoms with van der Waals surface area (Å²) in [6, 6.07) is 1.67. The summed E-state index contributed by atoms with van der Waals surface area (Å²) in [5, 5.41) is 4.40. The molecule has 0 aromatic carbocycles. The van der Waals surface area contributed by atoms with Gasteiger partial charge in [-0.05, 0) is 6.07 Å². The fraction of sp³-hybridized carbons (Fsp3) is 0.143. The van der Waals surface area contributed by atoms with Crippen molar-refractivity contribution in [2.45, 2.75) is 0 Å². The second-order valence-corrected chi connectivity index (χ2v) is 2.84. The van der Waals surface area contributed by atoms with E-state index in [2.05, 4.69) is 10.1 Å². The molecular weight excluding hydrogens is 192 g/mol. The van der Waals surface area contributed by atoms with Gasteiger partial charge in [0.2, 0.25) is 11.6 Å². The van der Waals surface area contributed by atoms with Gasteiger partial charge in [-0.1, -0.05) is 11.6 Å². The van der Waals surface area contributed by atoms with Crippen LogP contribution < -0.4 is 10.5 Å². The van der Waals surface area contributed by atoms with Gasteiger partial charge in [0.25, 0.3) is 0 Å². The number of anilines is 1. The average Bonchev–Trinajstić information content (AvgIpc) is 2.45. The van der Waals surface area contributed by atoms with Crippen molar-refractivity contribution in [3.8, 4) is 5.75 Å². The standard InChI is InChI=1S/C7H7ClN4O/c1-13-5-4(8)2-3-12-6(5)10-7(9)11-12/h2-3H,1H3,(H2,9,11). The molecule has 0 saturated carbocycles. The number of fused-ring (bicyclic) bond motifs is 1. The molecule has 2 aromatic rings. The Morgan fingerprint density at radius 1 is 1.62 bits per heavy atom. The first-order chi connectivity index (χ1) is 6.22. The van der Waals surface area contributed by atoms with Crippen molar-refractivity contribution >= 4 is 23.2 Å². The van der Waals surface area contributed by atoms with Crippen molar-refractivity contribution in [1.29, 1.82) is 0 Å².